The number of nitrogens with zero attached hydrogens (tertiary/aromatic N) is 2. The maximum atomic E-state index is 11.9. The zero-order chi connectivity index (χ0) is 15.2. The second-order valence-corrected chi connectivity index (χ2v) is 7.58. The summed E-state index contributed by atoms with van der Waals surface area (Å²) in [5.41, 5.74) is 7.29. The molecule has 2 atom stereocenters. The molecule has 6 nitrogen and oxygen atoms in total. The van der Waals surface area contributed by atoms with E-state index in [1.165, 1.54) is 6.26 Å². The smallest absolute Gasteiger partial charge is 0.201 e. The lowest BCUT2D eigenvalue weighted by molar-refractivity contribution is 0.00713. The van der Waals surface area contributed by atoms with Crippen molar-refractivity contribution in [3.05, 3.63) is 18.2 Å². The fourth-order valence-electron chi connectivity index (χ4n) is 3.00. The Hall–Kier alpha value is -1.60. The largest absolute Gasteiger partial charge is 0.378 e. The van der Waals surface area contributed by atoms with E-state index >= 15 is 0 Å². The van der Waals surface area contributed by atoms with E-state index in [0.29, 0.717) is 18.1 Å². The highest BCUT2D eigenvalue weighted by atomic mass is 32.2. The van der Waals surface area contributed by atoms with E-state index in [9.17, 15) is 8.42 Å². The first-order valence-electron chi connectivity index (χ1n) is 6.96. The average molecular weight is 309 g/mol. The Morgan fingerprint density at radius 2 is 2.19 bits per heavy atom. The lowest BCUT2D eigenvalue weighted by atomic mass is 10.0. The van der Waals surface area contributed by atoms with Gasteiger partial charge < -0.3 is 15.0 Å². The molecule has 1 aliphatic heterocycles. The minimum absolute atomic E-state index is 0.165. The molecule has 7 heteroatoms. The maximum absolute atomic E-state index is 11.9. The van der Waals surface area contributed by atoms with Gasteiger partial charge in [-0.2, -0.15) is 0 Å². The number of hydrogen-bond donors (Lipinski definition) is 1. The minimum atomic E-state index is -3.33. The van der Waals surface area contributed by atoms with Crippen molar-refractivity contribution in [1.82, 2.24) is 9.55 Å². The topological polar surface area (TPSA) is 87.2 Å². The highest BCUT2D eigenvalue weighted by Gasteiger charge is 2.26. The van der Waals surface area contributed by atoms with Crippen LogP contribution < -0.4 is 5.73 Å². The lowest BCUT2D eigenvalue weighted by Gasteiger charge is -2.29. The van der Waals surface area contributed by atoms with E-state index in [-0.39, 0.29) is 17.0 Å². The van der Waals surface area contributed by atoms with Crippen molar-refractivity contribution < 1.29 is 13.2 Å². The molecule has 21 heavy (non-hydrogen) atoms. The van der Waals surface area contributed by atoms with Crippen LogP contribution in [0.2, 0.25) is 0 Å². The molecule has 0 aliphatic carbocycles. The summed E-state index contributed by atoms with van der Waals surface area (Å²) in [7, 11) is -3.33. The first-order chi connectivity index (χ1) is 9.88. The summed E-state index contributed by atoms with van der Waals surface area (Å²) in [5, 5.41) is 0. The number of hydrogen-bond acceptors (Lipinski definition) is 5. The Balaban J connectivity index is 2.18. The molecule has 1 aliphatic rings. The molecule has 2 N–H and O–H groups in total. The van der Waals surface area contributed by atoms with E-state index in [1.807, 2.05) is 17.6 Å². The molecular formula is C14H19N3O3S. The zero-order valence-corrected chi connectivity index (χ0v) is 12.9. The van der Waals surface area contributed by atoms with Gasteiger partial charge in [-0.25, -0.2) is 13.4 Å². The lowest BCUT2D eigenvalue weighted by Crippen LogP contribution is -2.26. The quantitative estimate of drug-likeness (QED) is 0.913. The fraction of sp³-hybridized carbons (Fsp3) is 0.500. The molecule has 2 heterocycles. The van der Waals surface area contributed by atoms with Gasteiger partial charge in [-0.15, -0.1) is 0 Å². The molecular weight excluding hydrogens is 290 g/mol. The Kier molecular flexibility index (Phi) is 3.41. The number of para-hydroxylation sites is 1. The van der Waals surface area contributed by atoms with Crippen LogP contribution in [0.4, 0.5) is 5.95 Å². The van der Waals surface area contributed by atoms with Gasteiger partial charge in [0, 0.05) is 18.9 Å². The van der Waals surface area contributed by atoms with Crippen molar-refractivity contribution in [2.75, 3.05) is 18.6 Å². The number of nitrogen functional groups attached to an aromatic ring is 1. The van der Waals surface area contributed by atoms with Crippen LogP contribution in [0.15, 0.2) is 23.1 Å². The van der Waals surface area contributed by atoms with Crippen LogP contribution in [0.1, 0.15) is 25.8 Å². The van der Waals surface area contributed by atoms with Crippen LogP contribution >= 0.6 is 0 Å². The molecule has 1 fully saturated rings. The van der Waals surface area contributed by atoms with Crippen molar-refractivity contribution in [2.45, 2.75) is 36.8 Å². The first-order valence-corrected chi connectivity index (χ1v) is 8.85. The summed E-state index contributed by atoms with van der Waals surface area (Å²) in [6.07, 6.45) is 3.05. The number of anilines is 1. The standard InChI is InChI=1S/C14H19N3O3S/c1-9-8-10(6-7-20-9)17-11-4-3-5-12(21(2,18)19)13(11)16-14(17)15/h3-5,9-10H,6-8H2,1-2H3,(H2,15,16). The van der Waals surface area contributed by atoms with Gasteiger partial charge in [-0.05, 0) is 31.9 Å². The average Bonchev–Trinajstić information content (AvgIpc) is 2.73. The zero-order valence-electron chi connectivity index (χ0n) is 12.1. The molecule has 114 valence electrons. The van der Waals surface area contributed by atoms with Gasteiger partial charge in [-0.1, -0.05) is 6.07 Å². The fourth-order valence-corrected chi connectivity index (χ4v) is 3.83. The summed E-state index contributed by atoms with van der Waals surface area (Å²) in [4.78, 5) is 4.53. The molecule has 2 aromatic rings. The number of rotatable bonds is 2. The van der Waals surface area contributed by atoms with Gasteiger partial charge in [0.05, 0.1) is 16.5 Å². The van der Waals surface area contributed by atoms with Gasteiger partial charge in [-0.3, -0.25) is 0 Å². The number of ether oxygens (including phenoxy) is 1. The summed E-state index contributed by atoms with van der Waals surface area (Å²) < 4.78 is 31.3. The Morgan fingerprint density at radius 3 is 2.86 bits per heavy atom. The summed E-state index contributed by atoms with van der Waals surface area (Å²) in [6.45, 7) is 2.71. The Labute approximate surface area is 123 Å². The van der Waals surface area contributed by atoms with Gasteiger partial charge in [0.1, 0.15) is 5.52 Å². The SMILES string of the molecule is CC1CC(n2c(N)nc3c(S(C)(=O)=O)cccc32)CCO1. The third-order valence-electron chi connectivity index (χ3n) is 3.93. The van der Waals surface area contributed by atoms with Crippen molar-refractivity contribution in [2.24, 2.45) is 0 Å². The molecule has 3 rings (SSSR count). The van der Waals surface area contributed by atoms with E-state index in [0.717, 1.165) is 18.4 Å². The van der Waals surface area contributed by atoms with Crippen LogP contribution in [0, 0.1) is 0 Å². The predicted molar refractivity (Wildman–Crippen MR) is 80.9 cm³/mol. The number of sulfone groups is 1. The van der Waals surface area contributed by atoms with E-state index in [2.05, 4.69) is 4.98 Å². The number of nitrogens with two attached hydrogens (primary N) is 1. The summed E-state index contributed by atoms with van der Waals surface area (Å²) in [5.74, 6) is 0.361. The van der Waals surface area contributed by atoms with Crippen LogP contribution in [0.3, 0.4) is 0 Å². The predicted octanol–water partition coefficient (Wildman–Crippen LogP) is 1.76. The highest BCUT2D eigenvalue weighted by molar-refractivity contribution is 7.91. The minimum Gasteiger partial charge on any atom is -0.378 e. The molecule has 0 spiro atoms. The number of fused-ring (bicyclic) bond motifs is 1. The molecule has 0 bridgehead atoms. The van der Waals surface area contributed by atoms with Crippen LogP contribution in [0.25, 0.3) is 11.0 Å². The Morgan fingerprint density at radius 1 is 1.43 bits per heavy atom. The molecule has 0 saturated carbocycles. The third-order valence-corrected chi connectivity index (χ3v) is 5.06. The summed E-state index contributed by atoms with van der Waals surface area (Å²) in [6, 6.07) is 5.36. The second kappa shape index (κ2) is 4.99. The summed E-state index contributed by atoms with van der Waals surface area (Å²) >= 11 is 0. The Bertz CT molecular complexity index is 782. The van der Waals surface area contributed by atoms with Crippen LogP contribution in [0.5, 0.6) is 0 Å². The maximum Gasteiger partial charge on any atom is 0.201 e. The second-order valence-electron chi connectivity index (χ2n) is 5.60. The number of aromatic nitrogens is 2. The molecule has 2 unspecified atom stereocenters. The van der Waals surface area contributed by atoms with Gasteiger partial charge in [0.25, 0.3) is 0 Å². The normalized spacial score (nSPS) is 23.5. The van der Waals surface area contributed by atoms with Crippen molar-refractivity contribution >= 4 is 26.8 Å². The van der Waals surface area contributed by atoms with Gasteiger partial charge in [0.2, 0.25) is 5.95 Å². The van der Waals surface area contributed by atoms with Crippen LogP contribution in [-0.4, -0.2) is 36.9 Å². The van der Waals surface area contributed by atoms with Crippen molar-refractivity contribution in [3.8, 4) is 0 Å². The van der Waals surface area contributed by atoms with E-state index in [1.54, 1.807) is 12.1 Å². The van der Waals surface area contributed by atoms with Crippen molar-refractivity contribution in [1.29, 1.82) is 0 Å². The molecule has 1 saturated heterocycles. The van der Waals surface area contributed by atoms with E-state index < -0.39 is 9.84 Å². The van der Waals surface area contributed by atoms with Crippen LogP contribution in [-0.2, 0) is 14.6 Å². The molecule has 1 aromatic carbocycles. The third kappa shape index (κ3) is 2.51. The monoisotopic (exact) mass is 309 g/mol. The number of imidazole rings is 1. The molecule has 0 amide bonds. The molecule has 0 radical (unpaired) electrons. The van der Waals surface area contributed by atoms with E-state index in [4.69, 9.17) is 10.5 Å². The highest BCUT2D eigenvalue weighted by Crippen LogP contribution is 2.33. The van der Waals surface area contributed by atoms with Crippen molar-refractivity contribution in [3.63, 3.8) is 0 Å². The number of benzene rings is 1. The molecule has 1 aromatic heterocycles. The first kappa shape index (κ1) is 14.3. The van der Waals surface area contributed by atoms with Gasteiger partial charge >= 0.3 is 0 Å². The van der Waals surface area contributed by atoms with Gasteiger partial charge in [0.15, 0.2) is 9.84 Å².